The highest BCUT2D eigenvalue weighted by molar-refractivity contribution is 9.10. The lowest BCUT2D eigenvalue weighted by Crippen LogP contribution is -2.60. The molecule has 2 fully saturated rings. The lowest BCUT2D eigenvalue weighted by molar-refractivity contribution is 0.0943. The molecule has 1 N–H and O–H groups in total. The van der Waals surface area contributed by atoms with Gasteiger partial charge in [-0.05, 0) is 40.4 Å². The van der Waals surface area contributed by atoms with Gasteiger partial charge in [0.1, 0.15) is 5.82 Å². The molecule has 1 aliphatic heterocycles. The molecule has 0 radical (unpaired) electrons. The second-order valence-corrected chi connectivity index (χ2v) is 6.98. The zero-order chi connectivity index (χ0) is 14.0. The predicted molar refractivity (Wildman–Crippen MR) is 83.2 cm³/mol. The summed E-state index contributed by atoms with van der Waals surface area (Å²) in [4.78, 5) is 2.47. The summed E-state index contributed by atoms with van der Waals surface area (Å²) in [6.07, 6.45) is 6.62. The minimum atomic E-state index is -0.162. The number of nitrogens with zero attached hydrogens (tertiary/aromatic N) is 1. The van der Waals surface area contributed by atoms with Gasteiger partial charge in [-0.15, -0.1) is 0 Å². The number of halogens is 2. The molecular formula is C16H22BrFN2. The minimum Gasteiger partial charge on any atom is -0.309 e. The maximum absolute atomic E-state index is 13.6. The fourth-order valence-electron chi connectivity index (χ4n) is 3.65. The first-order valence-electron chi connectivity index (χ1n) is 7.59. The molecule has 0 aromatic heterocycles. The SMILES string of the molecule is Fc1cccc(CN2CCNC3(CCCCC3)C2)c1Br. The van der Waals surface area contributed by atoms with Crippen LogP contribution < -0.4 is 5.32 Å². The van der Waals surface area contributed by atoms with Crippen molar-refractivity contribution in [3.63, 3.8) is 0 Å². The molecule has 3 rings (SSSR count). The number of hydrogen-bond donors (Lipinski definition) is 1. The highest BCUT2D eigenvalue weighted by Crippen LogP contribution is 2.31. The molecule has 0 atom stereocenters. The summed E-state index contributed by atoms with van der Waals surface area (Å²) in [5.74, 6) is -0.162. The van der Waals surface area contributed by atoms with Gasteiger partial charge in [-0.1, -0.05) is 31.4 Å². The van der Waals surface area contributed by atoms with Crippen LogP contribution in [0.25, 0.3) is 0 Å². The van der Waals surface area contributed by atoms with Crippen LogP contribution in [-0.2, 0) is 6.54 Å². The van der Waals surface area contributed by atoms with Crippen LogP contribution in [-0.4, -0.2) is 30.1 Å². The molecule has 1 saturated heterocycles. The van der Waals surface area contributed by atoms with Crippen LogP contribution in [0, 0.1) is 5.82 Å². The molecule has 1 aromatic carbocycles. The average molecular weight is 341 g/mol. The van der Waals surface area contributed by atoms with Crippen molar-refractivity contribution in [2.75, 3.05) is 19.6 Å². The third-order valence-corrected chi connectivity index (χ3v) is 5.58. The first kappa shape index (κ1) is 14.5. The Morgan fingerprint density at radius 2 is 2.05 bits per heavy atom. The molecule has 0 unspecified atom stereocenters. The second-order valence-electron chi connectivity index (χ2n) is 6.19. The summed E-state index contributed by atoms with van der Waals surface area (Å²) in [5, 5.41) is 3.75. The Labute approximate surface area is 128 Å². The van der Waals surface area contributed by atoms with E-state index in [2.05, 4.69) is 26.1 Å². The van der Waals surface area contributed by atoms with Gasteiger partial charge in [0.25, 0.3) is 0 Å². The Kier molecular flexibility index (Phi) is 4.43. The smallest absolute Gasteiger partial charge is 0.137 e. The van der Waals surface area contributed by atoms with E-state index in [1.165, 1.54) is 38.2 Å². The van der Waals surface area contributed by atoms with Gasteiger partial charge in [0.15, 0.2) is 0 Å². The van der Waals surface area contributed by atoms with Gasteiger partial charge in [-0.3, -0.25) is 4.90 Å². The van der Waals surface area contributed by atoms with Gasteiger partial charge < -0.3 is 5.32 Å². The molecule has 4 heteroatoms. The molecule has 1 aliphatic carbocycles. The largest absolute Gasteiger partial charge is 0.309 e. The molecule has 2 nitrogen and oxygen atoms in total. The predicted octanol–water partition coefficient (Wildman–Crippen LogP) is 3.70. The maximum Gasteiger partial charge on any atom is 0.137 e. The Hall–Kier alpha value is -0.450. The van der Waals surface area contributed by atoms with Crippen LogP contribution in [0.5, 0.6) is 0 Å². The van der Waals surface area contributed by atoms with Gasteiger partial charge >= 0.3 is 0 Å². The van der Waals surface area contributed by atoms with E-state index in [1.54, 1.807) is 6.07 Å². The van der Waals surface area contributed by atoms with Crippen molar-refractivity contribution in [3.05, 3.63) is 34.1 Å². The third-order valence-electron chi connectivity index (χ3n) is 4.69. The standard InChI is InChI=1S/C16H22BrFN2/c17-15-13(5-4-6-14(15)18)11-20-10-9-19-16(12-20)7-2-1-3-8-16/h4-6,19H,1-3,7-12H2. The number of hydrogen-bond acceptors (Lipinski definition) is 2. The Bertz CT molecular complexity index is 466. The van der Waals surface area contributed by atoms with Crippen molar-refractivity contribution < 1.29 is 4.39 Å². The number of nitrogens with one attached hydrogen (secondary N) is 1. The molecule has 1 saturated carbocycles. The van der Waals surface area contributed by atoms with Crippen molar-refractivity contribution in [3.8, 4) is 0 Å². The van der Waals surface area contributed by atoms with Crippen LogP contribution in [0.2, 0.25) is 0 Å². The zero-order valence-corrected chi connectivity index (χ0v) is 13.4. The number of rotatable bonds is 2. The van der Waals surface area contributed by atoms with Crippen LogP contribution in [0.4, 0.5) is 4.39 Å². The number of piperazine rings is 1. The monoisotopic (exact) mass is 340 g/mol. The Morgan fingerprint density at radius 1 is 1.25 bits per heavy atom. The molecule has 0 bridgehead atoms. The van der Waals surface area contributed by atoms with Crippen molar-refractivity contribution in [2.24, 2.45) is 0 Å². The fraction of sp³-hybridized carbons (Fsp3) is 0.625. The first-order chi connectivity index (χ1) is 9.69. The van der Waals surface area contributed by atoms with Gasteiger partial charge in [-0.2, -0.15) is 0 Å². The van der Waals surface area contributed by atoms with Crippen molar-refractivity contribution in [2.45, 2.75) is 44.2 Å². The Balaban J connectivity index is 1.69. The fourth-order valence-corrected chi connectivity index (χ4v) is 4.04. The van der Waals surface area contributed by atoms with E-state index < -0.39 is 0 Å². The summed E-state index contributed by atoms with van der Waals surface area (Å²) in [6.45, 7) is 4.02. The highest BCUT2D eigenvalue weighted by Gasteiger charge is 2.36. The third kappa shape index (κ3) is 3.07. The normalized spacial score (nSPS) is 23.1. The quantitative estimate of drug-likeness (QED) is 0.883. The van der Waals surface area contributed by atoms with Gasteiger partial charge in [0.2, 0.25) is 0 Å². The molecular weight excluding hydrogens is 319 g/mol. The summed E-state index contributed by atoms with van der Waals surface area (Å²) in [6, 6.07) is 5.32. The molecule has 1 spiro atoms. The lowest BCUT2D eigenvalue weighted by atomic mass is 9.80. The lowest BCUT2D eigenvalue weighted by Gasteiger charge is -2.46. The van der Waals surface area contributed by atoms with Crippen LogP contribution in [0.1, 0.15) is 37.7 Å². The molecule has 1 aromatic rings. The molecule has 20 heavy (non-hydrogen) atoms. The Morgan fingerprint density at radius 3 is 2.85 bits per heavy atom. The van der Waals surface area contributed by atoms with E-state index in [-0.39, 0.29) is 5.82 Å². The molecule has 110 valence electrons. The summed E-state index contributed by atoms with van der Waals surface area (Å²) >= 11 is 3.38. The average Bonchev–Trinajstić information content (AvgIpc) is 2.45. The number of benzene rings is 1. The van der Waals surface area contributed by atoms with Gasteiger partial charge in [0, 0.05) is 31.7 Å². The van der Waals surface area contributed by atoms with Crippen LogP contribution in [0.3, 0.4) is 0 Å². The maximum atomic E-state index is 13.6. The molecule has 0 amide bonds. The van der Waals surface area contributed by atoms with Gasteiger partial charge in [-0.25, -0.2) is 4.39 Å². The van der Waals surface area contributed by atoms with Crippen LogP contribution in [0.15, 0.2) is 22.7 Å². The van der Waals surface area contributed by atoms with E-state index >= 15 is 0 Å². The summed E-state index contributed by atoms with van der Waals surface area (Å²) < 4.78 is 14.2. The van der Waals surface area contributed by atoms with Crippen molar-refractivity contribution in [1.29, 1.82) is 0 Å². The molecule has 1 heterocycles. The summed E-state index contributed by atoms with van der Waals surface area (Å²) in [5.41, 5.74) is 1.37. The van der Waals surface area contributed by atoms with Crippen LogP contribution >= 0.6 is 15.9 Å². The summed E-state index contributed by atoms with van der Waals surface area (Å²) in [7, 11) is 0. The van der Waals surface area contributed by atoms with Crippen molar-refractivity contribution in [1.82, 2.24) is 10.2 Å². The second kappa shape index (κ2) is 6.12. The first-order valence-corrected chi connectivity index (χ1v) is 8.38. The van der Waals surface area contributed by atoms with E-state index in [0.717, 1.165) is 31.7 Å². The molecule has 2 aliphatic rings. The highest BCUT2D eigenvalue weighted by atomic mass is 79.9. The van der Waals surface area contributed by atoms with Crippen molar-refractivity contribution >= 4 is 15.9 Å². The van der Waals surface area contributed by atoms with E-state index in [9.17, 15) is 4.39 Å². The van der Waals surface area contributed by atoms with E-state index in [4.69, 9.17) is 0 Å². The zero-order valence-electron chi connectivity index (χ0n) is 11.8. The minimum absolute atomic E-state index is 0.162. The topological polar surface area (TPSA) is 15.3 Å². The van der Waals surface area contributed by atoms with E-state index in [0.29, 0.717) is 10.0 Å². The van der Waals surface area contributed by atoms with Gasteiger partial charge in [0.05, 0.1) is 4.47 Å². The van der Waals surface area contributed by atoms with E-state index in [1.807, 2.05) is 6.07 Å².